The SMILES string of the molecule is C=C(C(CC(O)C(C)(C)Cl)OC(=O)/C(C)=C\C)[C@H]1C[C@H](Cl)[C@@](C)(O)[C@@H](O)[C@H]1OC(=O)/C(C)=C\C. The van der Waals surface area contributed by atoms with E-state index in [9.17, 15) is 24.9 Å². The lowest BCUT2D eigenvalue weighted by atomic mass is 9.71. The van der Waals surface area contributed by atoms with E-state index in [0.29, 0.717) is 11.1 Å². The van der Waals surface area contributed by atoms with Gasteiger partial charge >= 0.3 is 11.9 Å². The highest BCUT2D eigenvalue weighted by Crippen LogP contribution is 2.42. The molecule has 1 fully saturated rings. The zero-order valence-corrected chi connectivity index (χ0v) is 22.5. The van der Waals surface area contributed by atoms with Crippen LogP contribution in [0, 0.1) is 5.92 Å². The molecule has 0 aliphatic heterocycles. The maximum absolute atomic E-state index is 12.6. The first-order chi connectivity index (χ1) is 15.5. The van der Waals surface area contributed by atoms with Crippen LogP contribution in [0.3, 0.4) is 0 Å². The average molecular weight is 521 g/mol. The van der Waals surface area contributed by atoms with Crippen molar-refractivity contribution in [2.24, 2.45) is 5.92 Å². The molecule has 7 nitrogen and oxygen atoms in total. The second-order valence-electron chi connectivity index (χ2n) is 9.58. The molecule has 1 saturated carbocycles. The first-order valence-corrected chi connectivity index (χ1v) is 12.1. The number of allylic oxidation sites excluding steroid dienone is 2. The van der Waals surface area contributed by atoms with E-state index in [-0.39, 0.29) is 18.4 Å². The van der Waals surface area contributed by atoms with Gasteiger partial charge in [-0.1, -0.05) is 18.7 Å². The number of aliphatic hydroxyl groups excluding tert-OH is 2. The Labute approximate surface area is 212 Å². The van der Waals surface area contributed by atoms with Crippen LogP contribution in [-0.4, -0.2) is 67.5 Å². The summed E-state index contributed by atoms with van der Waals surface area (Å²) in [7, 11) is 0. The predicted octanol–water partition coefficient (Wildman–Crippen LogP) is 3.81. The van der Waals surface area contributed by atoms with Crippen molar-refractivity contribution >= 4 is 35.1 Å². The molecule has 2 unspecified atom stereocenters. The summed E-state index contributed by atoms with van der Waals surface area (Å²) in [6.45, 7) is 15.2. The first kappa shape index (κ1) is 30.7. The maximum atomic E-state index is 12.6. The van der Waals surface area contributed by atoms with Crippen molar-refractivity contribution in [3.8, 4) is 0 Å². The lowest BCUT2D eigenvalue weighted by Crippen LogP contribution is -2.61. The quantitative estimate of drug-likeness (QED) is 0.183. The summed E-state index contributed by atoms with van der Waals surface area (Å²) in [5, 5.41) is 31.4. The van der Waals surface area contributed by atoms with Gasteiger partial charge < -0.3 is 24.8 Å². The van der Waals surface area contributed by atoms with Crippen LogP contribution in [0.25, 0.3) is 0 Å². The Hall–Kier alpha value is -1.38. The standard InChI is InChI=1S/C25H38Cl2O7/c1-9-13(3)22(30)33-17(12-19(28)24(6,7)27)15(5)16-11-18(26)25(8,32)21(29)20(16)34-23(31)14(4)10-2/h9-10,16-21,28-29,32H,5,11-12H2,1-4,6-8H3/b13-9-,14-10-/t16-,17?,18+,19?,20+,21+,25-/m1/s1. The Kier molecular flexibility index (Phi) is 10.9. The van der Waals surface area contributed by atoms with E-state index in [1.807, 2.05) is 0 Å². The van der Waals surface area contributed by atoms with Gasteiger partial charge in [-0.25, -0.2) is 9.59 Å². The molecule has 0 amide bonds. The molecule has 0 heterocycles. The predicted molar refractivity (Wildman–Crippen MR) is 133 cm³/mol. The fraction of sp³-hybridized carbons (Fsp3) is 0.680. The summed E-state index contributed by atoms with van der Waals surface area (Å²) < 4.78 is 11.3. The number of hydrogen-bond acceptors (Lipinski definition) is 7. The molecule has 0 radical (unpaired) electrons. The molecular weight excluding hydrogens is 483 g/mol. The van der Waals surface area contributed by atoms with E-state index in [2.05, 4.69) is 6.58 Å². The molecule has 34 heavy (non-hydrogen) atoms. The van der Waals surface area contributed by atoms with Crippen LogP contribution in [0.4, 0.5) is 0 Å². The van der Waals surface area contributed by atoms with Crippen LogP contribution in [0.5, 0.6) is 0 Å². The monoisotopic (exact) mass is 520 g/mol. The summed E-state index contributed by atoms with van der Waals surface area (Å²) in [5.41, 5.74) is -0.798. The van der Waals surface area contributed by atoms with Crippen molar-refractivity contribution in [1.29, 1.82) is 0 Å². The topological polar surface area (TPSA) is 113 Å². The van der Waals surface area contributed by atoms with Crippen molar-refractivity contribution in [2.75, 3.05) is 0 Å². The minimum atomic E-state index is -1.75. The van der Waals surface area contributed by atoms with Crippen LogP contribution >= 0.6 is 23.2 Å². The normalized spacial score (nSPS) is 30.4. The van der Waals surface area contributed by atoms with E-state index in [0.717, 1.165) is 0 Å². The molecule has 194 valence electrons. The van der Waals surface area contributed by atoms with Gasteiger partial charge in [-0.05, 0) is 60.5 Å². The highest BCUT2D eigenvalue weighted by Gasteiger charge is 2.54. The molecule has 0 aromatic carbocycles. The Morgan fingerprint density at radius 3 is 2.18 bits per heavy atom. The smallest absolute Gasteiger partial charge is 0.333 e. The van der Waals surface area contributed by atoms with Gasteiger partial charge in [-0.3, -0.25) is 0 Å². The number of alkyl halides is 2. The van der Waals surface area contributed by atoms with Crippen LogP contribution in [0.15, 0.2) is 35.5 Å². The Balaban J connectivity index is 3.42. The Morgan fingerprint density at radius 2 is 1.71 bits per heavy atom. The second-order valence-corrected chi connectivity index (χ2v) is 11.1. The highest BCUT2D eigenvalue weighted by atomic mass is 35.5. The Bertz CT molecular complexity index is 826. The number of carbonyl (C=O) groups excluding carboxylic acids is 2. The van der Waals surface area contributed by atoms with Gasteiger partial charge in [-0.2, -0.15) is 0 Å². The third-order valence-electron chi connectivity index (χ3n) is 6.52. The van der Waals surface area contributed by atoms with E-state index >= 15 is 0 Å². The van der Waals surface area contributed by atoms with Crippen molar-refractivity contribution in [2.45, 2.75) is 102 Å². The molecule has 3 N–H and O–H groups in total. The average Bonchev–Trinajstić information content (AvgIpc) is 2.76. The summed E-state index contributed by atoms with van der Waals surface area (Å²) in [5.74, 6) is -2.06. The molecular formula is C25H38Cl2O7. The van der Waals surface area contributed by atoms with Gasteiger partial charge in [0.15, 0.2) is 0 Å². The number of carbonyl (C=O) groups is 2. The molecule has 1 rings (SSSR count). The van der Waals surface area contributed by atoms with Gasteiger partial charge in [0.2, 0.25) is 0 Å². The molecule has 9 heteroatoms. The van der Waals surface area contributed by atoms with Gasteiger partial charge in [0, 0.05) is 23.5 Å². The second kappa shape index (κ2) is 12.0. The van der Waals surface area contributed by atoms with Crippen molar-refractivity contribution in [3.05, 3.63) is 35.5 Å². The van der Waals surface area contributed by atoms with Crippen LogP contribution < -0.4 is 0 Å². The van der Waals surface area contributed by atoms with Gasteiger partial charge in [-0.15, -0.1) is 23.2 Å². The van der Waals surface area contributed by atoms with E-state index in [4.69, 9.17) is 32.7 Å². The van der Waals surface area contributed by atoms with E-state index in [1.165, 1.54) is 6.92 Å². The highest BCUT2D eigenvalue weighted by molar-refractivity contribution is 6.23. The molecule has 1 aliphatic carbocycles. The van der Waals surface area contributed by atoms with Crippen molar-refractivity contribution < 1.29 is 34.4 Å². The van der Waals surface area contributed by atoms with E-state index < -0.39 is 58.1 Å². The number of halogens is 2. The molecule has 0 aromatic heterocycles. The minimum Gasteiger partial charge on any atom is -0.456 e. The third kappa shape index (κ3) is 7.31. The number of hydrogen-bond donors (Lipinski definition) is 3. The fourth-order valence-corrected chi connectivity index (χ4v) is 3.92. The lowest BCUT2D eigenvalue weighted by molar-refractivity contribution is -0.184. The molecule has 1 aliphatic rings. The van der Waals surface area contributed by atoms with Crippen molar-refractivity contribution in [3.63, 3.8) is 0 Å². The Morgan fingerprint density at radius 1 is 1.21 bits per heavy atom. The number of esters is 2. The fourth-order valence-electron chi connectivity index (χ4n) is 3.51. The van der Waals surface area contributed by atoms with Gasteiger partial charge in [0.05, 0.1) is 16.4 Å². The van der Waals surface area contributed by atoms with Crippen LogP contribution in [0.2, 0.25) is 0 Å². The number of rotatable bonds is 9. The summed E-state index contributed by atoms with van der Waals surface area (Å²) in [6, 6.07) is 0. The molecule has 0 spiro atoms. The summed E-state index contributed by atoms with van der Waals surface area (Å²) >= 11 is 12.7. The van der Waals surface area contributed by atoms with Gasteiger partial charge in [0.25, 0.3) is 0 Å². The summed E-state index contributed by atoms with van der Waals surface area (Å²) in [4.78, 5) is 24.1. The molecule has 0 aromatic rings. The third-order valence-corrected chi connectivity index (χ3v) is 7.40. The number of ether oxygens (including phenoxy) is 2. The molecule has 0 saturated heterocycles. The molecule has 7 atom stereocenters. The van der Waals surface area contributed by atoms with Crippen molar-refractivity contribution in [1.82, 2.24) is 0 Å². The van der Waals surface area contributed by atoms with E-state index in [1.54, 1.807) is 53.7 Å². The maximum Gasteiger partial charge on any atom is 0.333 e. The number of aliphatic hydroxyl groups is 3. The lowest BCUT2D eigenvalue weighted by Gasteiger charge is -2.47. The van der Waals surface area contributed by atoms with Crippen LogP contribution in [-0.2, 0) is 19.1 Å². The van der Waals surface area contributed by atoms with Gasteiger partial charge in [0.1, 0.15) is 23.9 Å². The summed E-state index contributed by atoms with van der Waals surface area (Å²) in [6.07, 6.45) is -1.71. The zero-order chi connectivity index (χ0) is 26.6. The van der Waals surface area contributed by atoms with Crippen LogP contribution in [0.1, 0.15) is 61.3 Å². The zero-order valence-electron chi connectivity index (χ0n) is 21.0. The largest absolute Gasteiger partial charge is 0.456 e. The molecule has 0 bridgehead atoms. The minimum absolute atomic E-state index is 0.0777. The first-order valence-electron chi connectivity index (χ1n) is 11.3.